The topological polar surface area (TPSA) is 66.6 Å². The lowest BCUT2D eigenvalue weighted by atomic mass is 10.0. The van der Waals surface area contributed by atoms with E-state index < -0.39 is 5.54 Å². The monoisotopic (exact) mass is 213 g/mol. The van der Waals surface area contributed by atoms with Crippen molar-refractivity contribution in [2.75, 3.05) is 26.2 Å². The van der Waals surface area contributed by atoms with E-state index in [1.54, 1.807) is 9.80 Å². The van der Waals surface area contributed by atoms with E-state index in [1.165, 1.54) is 0 Å². The number of carbonyl (C=O) groups excluding carboxylic acids is 2. The molecule has 0 aromatic rings. The average Bonchev–Trinajstić information content (AvgIpc) is 2.20. The van der Waals surface area contributed by atoms with Crippen molar-refractivity contribution in [3.05, 3.63) is 0 Å². The molecule has 0 bridgehead atoms. The molecule has 1 fully saturated rings. The fourth-order valence-electron chi connectivity index (χ4n) is 1.61. The van der Waals surface area contributed by atoms with Crippen LogP contribution in [0.5, 0.6) is 0 Å². The van der Waals surface area contributed by atoms with Gasteiger partial charge in [0.15, 0.2) is 0 Å². The molecule has 15 heavy (non-hydrogen) atoms. The SMILES string of the molecule is CCN1CC(=O)N(C(C)(C)CN)CC1=O. The first kappa shape index (κ1) is 12.0. The highest BCUT2D eigenvalue weighted by molar-refractivity contribution is 5.93. The standard InChI is InChI=1S/C10H19N3O2/c1-4-12-5-9(15)13(6-8(12)14)10(2,3)7-11/h4-7,11H2,1-3H3. The lowest BCUT2D eigenvalue weighted by Crippen LogP contribution is -2.62. The number of piperazine rings is 1. The van der Waals surface area contributed by atoms with Gasteiger partial charge in [0.2, 0.25) is 11.8 Å². The zero-order valence-electron chi connectivity index (χ0n) is 9.62. The van der Waals surface area contributed by atoms with Gasteiger partial charge in [0, 0.05) is 13.1 Å². The zero-order chi connectivity index (χ0) is 11.6. The fourth-order valence-corrected chi connectivity index (χ4v) is 1.61. The Bertz CT molecular complexity index is 276. The fraction of sp³-hybridized carbons (Fsp3) is 0.800. The first-order valence-electron chi connectivity index (χ1n) is 5.20. The maximum atomic E-state index is 11.8. The number of rotatable bonds is 3. The van der Waals surface area contributed by atoms with Crippen LogP contribution in [0.15, 0.2) is 0 Å². The first-order valence-corrected chi connectivity index (χ1v) is 5.20. The van der Waals surface area contributed by atoms with Gasteiger partial charge >= 0.3 is 0 Å². The third-order valence-electron chi connectivity index (χ3n) is 2.89. The van der Waals surface area contributed by atoms with Gasteiger partial charge in [-0.3, -0.25) is 9.59 Å². The minimum absolute atomic E-state index is 0.00127. The highest BCUT2D eigenvalue weighted by Crippen LogP contribution is 2.17. The lowest BCUT2D eigenvalue weighted by Gasteiger charge is -2.42. The molecule has 2 N–H and O–H groups in total. The van der Waals surface area contributed by atoms with Crippen molar-refractivity contribution in [1.29, 1.82) is 0 Å². The minimum Gasteiger partial charge on any atom is -0.332 e. The Kier molecular flexibility index (Phi) is 3.34. The van der Waals surface area contributed by atoms with Crippen LogP contribution >= 0.6 is 0 Å². The van der Waals surface area contributed by atoms with Crippen LogP contribution in [-0.2, 0) is 9.59 Å². The molecule has 0 aromatic heterocycles. The molecule has 0 radical (unpaired) electrons. The van der Waals surface area contributed by atoms with E-state index in [4.69, 9.17) is 5.73 Å². The van der Waals surface area contributed by atoms with E-state index in [9.17, 15) is 9.59 Å². The predicted octanol–water partition coefficient (Wildman–Crippen LogP) is -0.586. The molecule has 5 heteroatoms. The van der Waals surface area contributed by atoms with Crippen molar-refractivity contribution >= 4 is 11.8 Å². The number of amides is 2. The van der Waals surface area contributed by atoms with Crippen molar-refractivity contribution < 1.29 is 9.59 Å². The van der Waals surface area contributed by atoms with E-state index in [0.717, 1.165) is 0 Å². The molecule has 0 unspecified atom stereocenters. The van der Waals surface area contributed by atoms with Gasteiger partial charge in [0.25, 0.3) is 0 Å². The van der Waals surface area contributed by atoms with E-state index >= 15 is 0 Å². The molecule has 2 amide bonds. The van der Waals surface area contributed by atoms with Crippen LogP contribution in [0.3, 0.4) is 0 Å². The Labute approximate surface area is 90.2 Å². The summed E-state index contributed by atoms with van der Waals surface area (Å²) >= 11 is 0. The van der Waals surface area contributed by atoms with Crippen LogP contribution in [-0.4, -0.2) is 53.3 Å². The number of nitrogens with two attached hydrogens (primary N) is 1. The maximum Gasteiger partial charge on any atom is 0.243 e. The summed E-state index contributed by atoms with van der Waals surface area (Å²) in [7, 11) is 0. The summed E-state index contributed by atoms with van der Waals surface area (Å²) < 4.78 is 0. The van der Waals surface area contributed by atoms with E-state index in [2.05, 4.69) is 0 Å². The molecule has 1 rings (SSSR count). The van der Waals surface area contributed by atoms with Crippen LogP contribution in [0.4, 0.5) is 0 Å². The van der Waals surface area contributed by atoms with Crippen LogP contribution in [0.1, 0.15) is 20.8 Å². The summed E-state index contributed by atoms with van der Waals surface area (Å²) in [6.45, 7) is 6.89. The highest BCUT2D eigenvalue weighted by atomic mass is 16.2. The molecule has 1 saturated heterocycles. The van der Waals surface area contributed by atoms with Gasteiger partial charge in [-0.05, 0) is 20.8 Å². The number of hydrogen-bond donors (Lipinski definition) is 1. The minimum atomic E-state index is -0.438. The zero-order valence-corrected chi connectivity index (χ0v) is 9.62. The number of carbonyl (C=O) groups is 2. The molecule has 0 aliphatic carbocycles. The maximum absolute atomic E-state index is 11.8. The summed E-state index contributed by atoms with van der Waals surface area (Å²) in [5, 5.41) is 0. The smallest absolute Gasteiger partial charge is 0.243 e. The van der Waals surface area contributed by atoms with Gasteiger partial charge in [-0.15, -0.1) is 0 Å². The molecule has 0 spiro atoms. The van der Waals surface area contributed by atoms with E-state index in [0.29, 0.717) is 13.1 Å². The highest BCUT2D eigenvalue weighted by Gasteiger charge is 2.36. The molecular weight excluding hydrogens is 194 g/mol. The molecule has 0 atom stereocenters. The summed E-state index contributed by atoms with van der Waals surface area (Å²) in [4.78, 5) is 26.6. The van der Waals surface area contributed by atoms with Crippen LogP contribution in [0, 0.1) is 0 Å². The van der Waals surface area contributed by atoms with Gasteiger partial charge in [-0.1, -0.05) is 0 Å². The molecule has 5 nitrogen and oxygen atoms in total. The summed E-state index contributed by atoms with van der Waals surface area (Å²) in [5.41, 5.74) is 5.16. The third kappa shape index (κ3) is 2.28. The lowest BCUT2D eigenvalue weighted by molar-refractivity contribution is -0.154. The Morgan fingerprint density at radius 1 is 1.27 bits per heavy atom. The Morgan fingerprint density at radius 2 is 1.87 bits per heavy atom. The van der Waals surface area contributed by atoms with E-state index in [1.807, 2.05) is 20.8 Å². The van der Waals surface area contributed by atoms with Gasteiger partial charge in [-0.25, -0.2) is 0 Å². The average molecular weight is 213 g/mol. The third-order valence-corrected chi connectivity index (χ3v) is 2.89. The quantitative estimate of drug-likeness (QED) is 0.681. The van der Waals surface area contributed by atoms with Gasteiger partial charge < -0.3 is 15.5 Å². The van der Waals surface area contributed by atoms with Crippen LogP contribution in [0.2, 0.25) is 0 Å². The Hall–Kier alpha value is -1.10. The van der Waals surface area contributed by atoms with Crippen molar-refractivity contribution in [3.63, 3.8) is 0 Å². The second-order valence-corrected chi connectivity index (χ2v) is 4.40. The van der Waals surface area contributed by atoms with E-state index in [-0.39, 0.29) is 24.9 Å². The number of likely N-dealkylation sites (N-methyl/N-ethyl adjacent to an activating group) is 1. The van der Waals surface area contributed by atoms with Crippen molar-refractivity contribution in [3.8, 4) is 0 Å². The second kappa shape index (κ2) is 4.18. The summed E-state index contributed by atoms with van der Waals surface area (Å²) in [5.74, 6) is -0.0227. The number of nitrogens with zero attached hydrogens (tertiary/aromatic N) is 2. The molecule has 86 valence electrons. The molecule has 0 saturated carbocycles. The molecule has 1 heterocycles. The first-order chi connectivity index (χ1) is 6.92. The van der Waals surface area contributed by atoms with Crippen molar-refractivity contribution in [2.45, 2.75) is 26.3 Å². The molecule has 0 aromatic carbocycles. The van der Waals surface area contributed by atoms with Crippen LogP contribution in [0.25, 0.3) is 0 Å². The normalized spacial score (nSPS) is 18.7. The number of hydrogen-bond acceptors (Lipinski definition) is 3. The van der Waals surface area contributed by atoms with Crippen molar-refractivity contribution in [1.82, 2.24) is 9.80 Å². The summed E-state index contributed by atoms with van der Waals surface area (Å²) in [6.07, 6.45) is 0. The summed E-state index contributed by atoms with van der Waals surface area (Å²) in [6, 6.07) is 0. The van der Waals surface area contributed by atoms with Gasteiger partial charge in [0.1, 0.15) is 6.54 Å². The molecule has 1 aliphatic rings. The Morgan fingerprint density at radius 3 is 2.33 bits per heavy atom. The van der Waals surface area contributed by atoms with Crippen molar-refractivity contribution in [2.24, 2.45) is 5.73 Å². The Balaban J connectivity index is 2.79. The van der Waals surface area contributed by atoms with Gasteiger partial charge in [0.05, 0.1) is 12.1 Å². The molecular formula is C10H19N3O2. The van der Waals surface area contributed by atoms with Gasteiger partial charge in [-0.2, -0.15) is 0 Å². The molecule has 1 aliphatic heterocycles. The second-order valence-electron chi connectivity index (χ2n) is 4.40. The largest absolute Gasteiger partial charge is 0.332 e. The predicted molar refractivity (Wildman–Crippen MR) is 57.1 cm³/mol. The van der Waals surface area contributed by atoms with Crippen LogP contribution < -0.4 is 5.73 Å².